The Kier molecular flexibility index (Phi) is 6.48. The van der Waals surface area contributed by atoms with Gasteiger partial charge in [-0.05, 0) is 64.7 Å². The number of nitrogens with one attached hydrogen (secondary N) is 4. The van der Waals surface area contributed by atoms with Crippen molar-refractivity contribution < 1.29 is 9.53 Å². The van der Waals surface area contributed by atoms with Gasteiger partial charge in [0.2, 0.25) is 5.95 Å². The molecule has 0 aliphatic heterocycles. The molecule has 0 atom stereocenters. The number of hydrogen-bond donors (Lipinski definition) is 4. The summed E-state index contributed by atoms with van der Waals surface area (Å²) in [5.74, 6) is 2.57. The summed E-state index contributed by atoms with van der Waals surface area (Å²) in [4.78, 5) is 20.8. The highest BCUT2D eigenvalue weighted by atomic mass is 16.6. The standard InChI is InChI=1S/C24H31N7O2/c1-15-13-20(28-21-14-19(30-31-21)17-7-8-17)29-22(26-15)27-18-9-5-16(6-10-18)11-12-25-23(32)33-24(2,3)4/h5-6,9-10,13-14,17H,7-8,11-12H2,1-4H3,(H,25,32)(H3,26,27,28,29,30,31). The molecular formula is C24H31N7O2. The first kappa shape index (κ1) is 22.6. The van der Waals surface area contributed by atoms with Gasteiger partial charge in [-0.2, -0.15) is 10.1 Å². The highest BCUT2D eigenvalue weighted by Crippen LogP contribution is 2.39. The lowest BCUT2D eigenvalue weighted by Crippen LogP contribution is -2.33. The van der Waals surface area contributed by atoms with Crippen LogP contribution in [0.3, 0.4) is 0 Å². The van der Waals surface area contributed by atoms with Crippen molar-refractivity contribution in [3.8, 4) is 0 Å². The van der Waals surface area contributed by atoms with Crippen LogP contribution in [0, 0.1) is 6.92 Å². The van der Waals surface area contributed by atoms with Gasteiger partial charge in [0.05, 0.1) is 0 Å². The first-order valence-corrected chi connectivity index (χ1v) is 11.2. The summed E-state index contributed by atoms with van der Waals surface area (Å²) in [5.41, 5.74) is 3.50. The Balaban J connectivity index is 1.31. The molecule has 1 amide bonds. The molecule has 9 heteroatoms. The number of benzene rings is 1. The van der Waals surface area contributed by atoms with E-state index in [1.807, 2.05) is 64.1 Å². The Morgan fingerprint density at radius 3 is 2.55 bits per heavy atom. The van der Waals surface area contributed by atoms with Crippen LogP contribution >= 0.6 is 0 Å². The fourth-order valence-electron chi connectivity index (χ4n) is 3.33. The number of ether oxygens (including phenoxy) is 1. The zero-order valence-electron chi connectivity index (χ0n) is 19.5. The SMILES string of the molecule is Cc1cc(Nc2cc(C3CC3)[nH]n2)nc(Nc2ccc(CCNC(=O)OC(C)(C)C)cc2)n1. The smallest absolute Gasteiger partial charge is 0.407 e. The summed E-state index contributed by atoms with van der Waals surface area (Å²) < 4.78 is 5.25. The van der Waals surface area contributed by atoms with Crippen molar-refractivity contribution in [3.63, 3.8) is 0 Å². The van der Waals surface area contributed by atoms with E-state index in [1.54, 1.807) is 0 Å². The lowest BCUT2D eigenvalue weighted by Gasteiger charge is -2.19. The first-order valence-electron chi connectivity index (χ1n) is 11.2. The predicted octanol–water partition coefficient (Wildman–Crippen LogP) is 4.94. The number of rotatable bonds is 8. The van der Waals surface area contributed by atoms with E-state index in [9.17, 15) is 4.79 Å². The normalized spacial score (nSPS) is 13.5. The van der Waals surface area contributed by atoms with Gasteiger partial charge in [0.25, 0.3) is 0 Å². The van der Waals surface area contributed by atoms with E-state index >= 15 is 0 Å². The van der Waals surface area contributed by atoms with Gasteiger partial charge in [0.1, 0.15) is 11.4 Å². The molecule has 0 saturated heterocycles. The monoisotopic (exact) mass is 449 g/mol. The second-order valence-corrected chi connectivity index (χ2v) is 9.33. The molecule has 1 aliphatic carbocycles. The zero-order chi connectivity index (χ0) is 23.4. The van der Waals surface area contributed by atoms with Crippen LogP contribution in [0.25, 0.3) is 0 Å². The third-order valence-corrected chi connectivity index (χ3v) is 5.02. The predicted molar refractivity (Wildman–Crippen MR) is 128 cm³/mol. The summed E-state index contributed by atoms with van der Waals surface area (Å²) in [7, 11) is 0. The maximum atomic E-state index is 11.7. The number of carbonyl (C=O) groups excluding carboxylic acids is 1. The number of aromatic nitrogens is 4. The Morgan fingerprint density at radius 2 is 1.85 bits per heavy atom. The number of anilines is 4. The maximum absolute atomic E-state index is 11.7. The van der Waals surface area contributed by atoms with Gasteiger partial charge >= 0.3 is 6.09 Å². The molecule has 174 valence electrons. The Morgan fingerprint density at radius 1 is 1.09 bits per heavy atom. The largest absolute Gasteiger partial charge is 0.444 e. The van der Waals surface area contributed by atoms with Crippen LogP contribution in [0.15, 0.2) is 36.4 Å². The van der Waals surface area contributed by atoms with Crippen molar-refractivity contribution in [2.75, 3.05) is 17.2 Å². The van der Waals surface area contributed by atoms with Crippen molar-refractivity contribution >= 4 is 29.4 Å². The van der Waals surface area contributed by atoms with Gasteiger partial charge in [-0.1, -0.05) is 12.1 Å². The van der Waals surface area contributed by atoms with Crippen molar-refractivity contribution in [1.82, 2.24) is 25.5 Å². The number of H-pyrrole nitrogens is 1. The van der Waals surface area contributed by atoms with E-state index < -0.39 is 11.7 Å². The van der Waals surface area contributed by atoms with Crippen LogP contribution in [-0.4, -0.2) is 38.4 Å². The summed E-state index contributed by atoms with van der Waals surface area (Å²) in [6, 6.07) is 11.9. The van der Waals surface area contributed by atoms with E-state index in [4.69, 9.17) is 4.74 Å². The lowest BCUT2D eigenvalue weighted by molar-refractivity contribution is 0.0528. The molecule has 1 fully saturated rings. The van der Waals surface area contributed by atoms with Gasteiger partial charge in [0.15, 0.2) is 5.82 Å². The summed E-state index contributed by atoms with van der Waals surface area (Å²) >= 11 is 0. The van der Waals surface area contributed by atoms with Crippen LogP contribution in [0.4, 0.5) is 28.1 Å². The van der Waals surface area contributed by atoms with E-state index in [-0.39, 0.29) is 0 Å². The second-order valence-electron chi connectivity index (χ2n) is 9.33. The molecule has 1 saturated carbocycles. The van der Waals surface area contributed by atoms with Crippen LogP contribution in [0.2, 0.25) is 0 Å². The number of hydrogen-bond acceptors (Lipinski definition) is 7. The van der Waals surface area contributed by atoms with Crippen molar-refractivity contribution in [1.29, 1.82) is 0 Å². The summed E-state index contributed by atoms with van der Waals surface area (Å²) in [5, 5.41) is 16.7. The van der Waals surface area contributed by atoms with E-state index in [0.29, 0.717) is 30.6 Å². The van der Waals surface area contributed by atoms with Gasteiger partial charge < -0.3 is 20.7 Å². The minimum atomic E-state index is -0.498. The van der Waals surface area contributed by atoms with Crippen molar-refractivity contribution in [3.05, 3.63) is 53.3 Å². The van der Waals surface area contributed by atoms with Crippen LogP contribution in [0.1, 0.15) is 56.5 Å². The minimum absolute atomic E-state index is 0.402. The van der Waals surface area contributed by atoms with E-state index in [0.717, 1.165) is 22.8 Å². The first-order chi connectivity index (χ1) is 15.7. The number of aromatic amines is 1. The topological polar surface area (TPSA) is 117 Å². The number of alkyl carbamates (subject to hydrolysis) is 1. The second kappa shape index (κ2) is 9.48. The quantitative estimate of drug-likeness (QED) is 0.385. The van der Waals surface area contributed by atoms with Crippen molar-refractivity contribution in [2.45, 2.75) is 58.5 Å². The third kappa shape index (κ3) is 6.93. The molecule has 4 rings (SSSR count). The fraction of sp³-hybridized carbons (Fsp3) is 0.417. The van der Waals surface area contributed by atoms with Gasteiger partial charge in [-0.3, -0.25) is 5.10 Å². The Labute approximate surface area is 193 Å². The molecule has 0 bridgehead atoms. The molecule has 1 aromatic carbocycles. The number of nitrogens with zero attached hydrogens (tertiary/aromatic N) is 3. The zero-order valence-corrected chi connectivity index (χ0v) is 19.5. The van der Waals surface area contributed by atoms with Crippen molar-refractivity contribution in [2.24, 2.45) is 0 Å². The maximum Gasteiger partial charge on any atom is 0.407 e. The molecule has 3 aromatic rings. The van der Waals surface area contributed by atoms with E-state index in [1.165, 1.54) is 18.5 Å². The average molecular weight is 450 g/mol. The third-order valence-electron chi connectivity index (χ3n) is 5.02. The van der Waals surface area contributed by atoms with Gasteiger partial charge in [-0.15, -0.1) is 0 Å². The average Bonchev–Trinajstić information content (AvgIpc) is 3.47. The molecule has 1 aliphatic rings. The van der Waals surface area contributed by atoms with Crippen LogP contribution in [-0.2, 0) is 11.2 Å². The molecule has 9 nitrogen and oxygen atoms in total. The molecule has 33 heavy (non-hydrogen) atoms. The fourth-order valence-corrected chi connectivity index (χ4v) is 3.33. The molecule has 0 unspecified atom stereocenters. The number of amides is 1. The highest BCUT2D eigenvalue weighted by molar-refractivity contribution is 5.67. The molecule has 0 radical (unpaired) electrons. The Bertz CT molecular complexity index is 1100. The minimum Gasteiger partial charge on any atom is -0.444 e. The van der Waals surface area contributed by atoms with E-state index in [2.05, 4.69) is 36.1 Å². The summed E-state index contributed by atoms with van der Waals surface area (Å²) in [6.45, 7) is 7.97. The van der Waals surface area contributed by atoms with Gasteiger partial charge in [0, 0.05) is 41.7 Å². The summed E-state index contributed by atoms with van der Waals surface area (Å²) in [6.07, 6.45) is 2.75. The highest BCUT2D eigenvalue weighted by Gasteiger charge is 2.25. The Hall–Kier alpha value is -3.62. The lowest BCUT2D eigenvalue weighted by atomic mass is 10.1. The molecule has 0 spiro atoms. The van der Waals surface area contributed by atoms with Crippen LogP contribution in [0.5, 0.6) is 0 Å². The molecule has 4 N–H and O–H groups in total. The van der Waals surface area contributed by atoms with Gasteiger partial charge in [-0.25, -0.2) is 9.78 Å². The van der Waals surface area contributed by atoms with Crippen LogP contribution < -0.4 is 16.0 Å². The molecular weight excluding hydrogens is 418 g/mol. The number of carbonyl (C=O) groups is 1. The number of aryl methyl sites for hydroxylation is 1. The molecule has 2 aromatic heterocycles. The molecule has 2 heterocycles.